The Morgan fingerprint density at radius 1 is 1.46 bits per heavy atom. The maximum absolute atomic E-state index is 11.1. The molecule has 0 N–H and O–H groups in total. The average Bonchev–Trinajstić information content (AvgIpc) is 2.18. The zero-order valence-electron chi connectivity index (χ0n) is 8.71. The Balaban J connectivity index is 2.45. The third kappa shape index (κ3) is 3.01. The van der Waals surface area contributed by atoms with Gasteiger partial charge < -0.3 is 4.79 Å². The van der Waals surface area contributed by atoms with Gasteiger partial charge >= 0.3 is 0 Å². The summed E-state index contributed by atoms with van der Waals surface area (Å²) < 4.78 is 0. The fourth-order valence-electron chi connectivity index (χ4n) is 2.07. The van der Waals surface area contributed by atoms with Crippen molar-refractivity contribution in [3.8, 4) is 0 Å². The van der Waals surface area contributed by atoms with Gasteiger partial charge in [-0.1, -0.05) is 6.92 Å². The maximum Gasteiger partial charge on any atom is 0.126 e. The number of carbonyl (C=O) groups excluding carboxylic acids is 1. The van der Waals surface area contributed by atoms with Gasteiger partial charge in [-0.3, -0.25) is 0 Å². The lowest BCUT2D eigenvalue weighted by Gasteiger charge is -2.34. The molecule has 1 fully saturated rings. The molecule has 1 aliphatic rings. The minimum atomic E-state index is 0.0511. The second-order valence-corrected chi connectivity index (χ2v) is 5.39. The Hall–Kier alpha value is 0.0200. The van der Waals surface area contributed by atoms with E-state index in [1.54, 1.807) is 0 Å². The van der Waals surface area contributed by atoms with Crippen molar-refractivity contribution in [1.82, 2.24) is 0 Å². The number of aldehydes is 1. The molecule has 76 valence electrons. The highest BCUT2D eigenvalue weighted by Gasteiger charge is 2.33. The fraction of sp³-hybridized carbons (Fsp3) is 0.909. The van der Waals surface area contributed by atoms with Crippen molar-refractivity contribution in [2.24, 2.45) is 11.3 Å². The van der Waals surface area contributed by atoms with Crippen LogP contribution in [0, 0.1) is 11.3 Å². The highest BCUT2D eigenvalue weighted by Crippen LogP contribution is 2.40. The maximum atomic E-state index is 11.1. The first kappa shape index (κ1) is 11.1. The summed E-state index contributed by atoms with van der Waals surface area (Å²) in [5.41, 5.74) is 0.0511. The highest BCUT2D eigenvalue weighted by atomic mass is 32.2. The first-order valence-corrected chi connectivity index (χ1v) is 6.57. The summed E-state index contributed by atoms with van der Waals surface area (Å²) in [5.74, 6) is 1.97. The molecule has 0 amide bonds. The molecule has 0 unspecified atom stereocenters. The summed E-state index contributed by atoms with van der Waals surface area (Å²) in [6.45, 7) is 2.29. The van der Waals surface area contributed by atoms with E-state index in [1.807, 2.05) is 11.8 Å². The zero-order chi connectivity index (χ0) is 9.73. The summed E-state index contributed by atoms with van der Waals surface area (Å²) in [6.07, 6.45) is 9.17. The van der Waals surface area contributed by atoms with Crippen molar-refractivity contribution in [2.75, 3.05) is 12.0 Å². The van der Waals surface area contributed by atoms with Crippen LogP contribution in [-0.4, -0.2) is 18.3 Å². The highest BCUT2D eigenvalue weighted by molar-refractivity contribution is 7.98. The van der Waals surface area contributed by atoms with Gasteiger partial charge in [-0.2, -0.15) is 11.8 Å². The minimum absolute atomic E-state index is 0.0511. The molecule has 0 atom stereocenters. The lowest BCUT2D eigenvalue weighted by atomic mass is 9.70. The van der Waals surface area contributed by atoms with Crippen molar-refractivity contribution in [1.29, 1.82) is 0 Å². The average molecular weight is 200 g/mol. The van der Waals surface area contributed by atoms with Gasteiger partial charge in [0.05, 0.1) is 0 Å². The molecule has 0 spiro atoms. The SMILES string of the molecule is CSCCC1(C=O)CCC(C)CC1. The van der Waals surface area contributed by atoms with Crippen LogP contribution in [0.2, 0.25) is 0 Å². The lowest BCUT2D eigenvalue weighted by Crippen LogP contribution is -2.29. The molecule has 1 nitrogen and oxygen atoms in total. The molecule has 13 heavy (non-hydrogen) atoms. The summed E-state index contributed by atoms with van der Waals surface area (Å²) in [4.78, 5) is 11.1. The van der Waals surface area contributed by atoms with E-state index in [2.05, 4.69) is 13.2 Å². The molecule has 0 aromatic rings. The monoisotopic (exact) mass is 200 g/mol. The molecule has 1 saturated carbocycles. The van der Waals surface area contributed by atoms with E-state index in [0.717, 1.165) is 30.9 Å². The second kappa shape index (κ2) is 5.04. The molecular formula is C11H20OS. The topological polar surface area (TPSA) is 17.1 Å². The van der Waals surface area contributed by atoms with Crippen molar-refractivity contribution in [2.45, 2.75) is 39.0 Å². The molecule has 0 heterocycles. The number of hydrogen-bond donors (Lipinski definition) is 0. The van der Waals surface area contributed by atoms with E-state index >= 15 is 0 Å². The fourth-order valence-corrected chi connectivity index (χ4v) is 2.68. The standard InChI is InChI=1S/C11H20OS/c1-10-3-5-11(9-12,6-4-10)7-8-13-2/h9-10H,3-8H2,1-2H3. The van der Waals surface area contributed by atoms with Crippen LogP contribution in [0.15, 0.2) is 0 Å². The van der Waals surface area contributed by atoms with E-state index in [4.69, 9.17) is 0 Å². The van der Waals surface area contributed by atoms with Crippen LogP contribution in [0.1, 0.15) is 39.0 Å². The molecule has 2 heteroatoms. The lowest BCUT2D eigenvalue weighted by molar-refractivity contribution is -0.118. The van der Waals surface area contributed by atoms with E-state index in [9.17, 15) is 4.79 Å². The van der Waals surface area contributed by atoms with Crippen LogP contribution < -0.4 is 0 Å². The van der Waals surface area contributed by atoms with Crippen molar-refractivity contribution in [3.05, 3.63) is 0 Å². The van der Waals surface area contributed by atoms with Crippen LogP contribution in [0.5, 0.6) is 0 Å². The van der Waals surface area contributed by atoms with Gasteiger partial charge in [0, 0.05) is 5.41 Å². The Morgan fingerprint density at radius 2 is 2.08 bits per heavy atom. The summed E-state index contributed by atoms with van der Waals surface area (Å²) in [7, 11) is 0. The van der Waals surface area contributed by atoms with Crippen molar-refractivity contribution >= 4 is 18.0 Å². The van der Waals surface area contributed by atoms with Crippen LogP contribution in [0.25, 0.3) is 0 Å². The molecule has 0 aromatic carbocycles. The van der Waals surface area contributed by atoms with Gasteiger partial charge in [0.25, 0.3) is 0 Å². The number of carbonyl (C=O) groups is 1. The van der Waals surface area contributed by atoms with Gasteiger partial charge in [0.15, 0.2) is 0 Å². The van der Waals surface area contributed by atoms with Gasteiger partial charge in [-0.15, -0.1) is 0 Å². The van der Waals surface area contributed by atoms with E-state index in [0.29, 0.717) is 0 Å². The molecule has 0 aromatic heterocycles. The van der Waals surface area contributed by atoms with Gasteiger partial charge in [-0.05, 0) is 50.0 Å². The van der Waals surface area contributed by atoms with Crippen LogP contribution in [0.3, 0.4) is 0 Å². The van der Waals surface area contributed by atoms with Gasteiger partial charge in [0.2, 0.25) is 0 Å². The molecule has 1 rings (SSSR count). The quantitative estimate of drug-likeness (QED) is 0.649. The Morgan fingerprint density at radius 3 is 2.54 bits per heavy atom. The smallest absolute Gasteiger partial charge is 0.126 e. The first-order valence-electron chi connectivity index (χ1n) is 5.18. The third-order valence-corrected chi connectivity index (χ3v) is 3.94. The predicted octanol–water partition coefficient (Wildman–Crippen LogP) is 3.13. The number of thioether (sulfide) groups is 1. The largest absolute Gasteiger partial charge is 0.303 e. The molecule has 0 aliphatic heterocycles. The second-order valence-electron chi connectivity index (χ2n) is 4.41. The van der Waals surface area contributed by atoms with E-state index < -0.39 is 0 Å². The van der Waals surface area contributed by atoms with Crippen LogP contribution in [-0.2, 0) is 4.79 Å². The summed E-state index contributed by atoms with van der Waals surface area (Å²) in [5, 5.41) is 0. The normalized spacial score (nSPS) is 34.5. The van der Waals surface area contributed by atoms with Crippen molar-refractivity contribution < 1.29 is 4.79 Å². The number of rotatable bonds is 4. The Bertz CT molecular complexity index is 154. The van der Waals surface area contributed by atoms with Crippen LogP contribution >= 0.6 is 11.8 Å². The van der Waals surface area contributed by atoms with Gasteiger partial charge in [0.1, 0.15) is 6.29 Å². The molecular weight excluding hydrogens is 180 g/mol. The number of hydrogen-bond acceptors (Lipinski definition) is 2. The predicted molar refractivity (Wildman–Crippen MR) is 59.1 cm³/mol. The molecule has 1 aliphatic carbocycles. The van der Waals surface area contributed by atoms with E-state index in [-0.39, 0.29) is 5.41 Å². The molecule has 0 radical (unpaired) electrons. The van der Waals surface area contributed by atoms with Gasteiger partial charge in [-0.25, -0.2) is 0 Å². The van der Waals surface area contributed by atoms with Crippen molar-refractivity contribution in [3.63, 3.8) is 0 Å². The zero-order valence-corrected chi connectivity index (χ0v) is 9.53. The molecule has 0 saturated heterocycles. The third-order valence-electron chi connectivity index (χ3n) is 3.32. The summed E-state index contributed by atoms with van der Waals surface area (Å²) in [6, 6.07) is 0. The van der Waals surface area contributed by atoms with Crippen LogP contribution in [0.4, 0.5) is 0 Å². The first-order chi connectivity index (χ1) is 6.22. The Kier molecular flexibility index (Phi) is 4.30. The summed E-state index contributed by atoms with van der Waals surface area (Å²) >= 11 is 1.85. The Labute approximate surface area is 85.7 Å². The minimum Gasteiger partial charge on any atom is -0.303 e. The molecule has 0 bridgehead atoms. The van der Waals surface area contributed by atoms with E-state index in [1.165, 1.54) is 19.1 Å².